The van der Waals surface area contributed by atoms with Crippen LogP contribution >= 0.6 is 22.9 Å². The lowest BCUT2D eigenvalue weighted by molar-refractivity contribution is -0.738. The summed E-state index contributed by atoms with van der Waals surface area (Å²) in [4.78, 5) is 22.3. The van der Waals surface area contributed by atoms with E-state index in [1.165, 1.54) is 37.3 Å². The first-order valence-electron chi connectivity index (χ1n) is 13.9. The highest BCUT2D eigenvalue weighted by Crippen LogP contribution is 2.45. The molecule has 46 heavy (non-hydrogen) atoms. The van der Waals surface area contributed by atoms with Crippen molar-refractivity contribution >= 4 is 44.8 Å². The molecule has 0 spiro atoms. The summed E-state index contributed by atoms with van der Waals surface area (Å²) in [5.74, 6) is -3.13. The van der Waals surface area contributed by atoms with Crippen molar-refractivity contribution in [1.29, 1.82) is 0 Å². The molecule has 4 heterocycles. The van der Waals surface area contributed by atoms with Gasteiger partial charge in [-0.2, -0.15) is 21.6 Å². The Labute approximate surface area is 270 Å². The van der Waals surface area contributed by atoms with E-state index >= 15 is 0 Å². The van der Waals surface area contributed by atoms with Crippen LogP contribution in [0.3, 0.4) is 0 Å². The number of carbonyl (C=O) groups excluding carboxylic acids is 1. The molecular formula is C30H28ClF5N5O3S2+. The van der Waals surface area contributed by atoms with Crippen LogP contribution < -0.4 is 10.6 Å². The number of alkyl halides is 5. The van der Waals surface area contributed by atoms with Crippen molar-refractivity contribution in [2.24, 2.45) is 0 Å². The van der Waals surface area contributed by atoms with Gasteiger partial charge in [0.25, 0.3) is 0 Å². The molecule has 3 aromatic heterocycles. The smallest absolute Gasteiger partial charge is 0.364 e. The molecule has 16 heteroatoms. The van der Waals surface area contributed by atoms with E-state index in [2.05, 4.69) is 20.6 Å². The molecule has 2 amide bonds. The summed E-state index contributed by atoms with van der Waals surface area (Å²) in [6, 6.07) is 10.8. The predicted octanol–water partition coefficient (Wildman–Crippen LogP) is 7.89. The lowest BCUT2D eigenvalue weighted by Crippen LogP contribution is -2.62. The topological polar surface area (TPSA) is 101 Å². The van der Waals surface area contributed by atoms with Gasteiger partial charge in [0.05, 0.1) is 28.1 Å². The third kappa shape index (κ3) is 6.73. The predicted molar refractivity (Wildman–Crippen MR) is 164 cm³/mol. The molecule has 8 nitrogen and oxygen atoms in total. The molecule has 0 aliphatic carbocycles. The second-order valence-corrected chi connectivity index (χ2v) is 15.0. The maximum atomic E-state index is 14.7. The average molecular weight is 701 g/mol. The highest BCUT2D eigenvalue weighted by Gasteiger charge is 2.66. The van der Waals surface area contributed by atoms with Gasteiger partial charge in [0.15, 0.2) is 10.8 Å². The molecule has 4 aromatic rings. The van der Waals surface area contributed by atoms with Gasteiger partial charge in [-0.05, 0) is 73.5 Å². The molecular weight excluding hydrogens is 673 g/mol. The highest BCUT2D eigenvalue weighted by atomic mass is 35.5. The number of carbonyl (C=O) groups is 1. The Morgan fingerprint density at radius 1 is 1.11 bits per heavy atom. The molecule has 2 unspecified atom stereocenters. The highest BCUT2D eigenvalue weighted by molar-refractivity contribution is 7.88. The number of pyridine rings is 2. The number of amides is 2. The average Bonchev–Trinajstić information content (AvgIpc) is 3.56. The van der Waals surface area contributed by atoms with Crippen LogP contribution in [0.4, 0.5) is 32.6 Å². The lowest BCUT2D eigenvalue weighted by atomic mass is 10.1. The SMILES string of the molecule is CC(Nc1cc(CNC(=O)[N+]2(S(=O)(=O)c3ccc(Cl)s3)CC(F)(F)C[C@H]2C)cc(-c2ccc(C(F)(F)F)cc2)n1)c1ccncc1. The van der Waals surface area contributed by atoms with Crippen LogP contribution in [0.2, 0.25) is 4.34 Å². The van der Waals surface area contributed by atoms with Crippen molar-refractivity contribution in [1.82, 2.24) is 15.3 Å². The first-order valence-corrected chi connectivity index (χ1v) is 16.5. The molecule has 244 valence electrons. The van der Waals surface area contributed by atoms with E-state index in [-0.39, 0.29) is 26.8 Å². The molecule has 1 saturated heterocycles. The summed E-state index contributed by atoms with van der Waals surface area (Å²) in [6.07, 6.45) is -2.14. The number of nitrogens with zero attached hydrogens (tertiary/aromatic N) is 3. The fourth-order valence-corrected chi connectivity index (χ4v) is 9.21. The van der Waals surface area contributed by atoms with E-state index in [1.807, 2.05) is 6.92 Å². The molecule has 1 aliphatic heterocycles. The van der Waals surface area contributed by atoms with Crippen LogP contribution in [-0.2, 0) is 22.7 Å². The van der Waals surface area contributed by atoms with Gasteiger partial charge in [-0.25, -0.2) is 18.6 Å². The number of sulfonamides is 1. The third-order valence-corrected chi connectivity index (χ3v) is 11.8. The van der Waals surface area contributed by atoms with Crippen LogP contribution in [0.25, 0.3) is 11.3 Å². The normalized spacial score (nSPS) is 20.3. The summed E-state index contributed by atoms with van der Waals surface area (Å²) in [5, 5.41) is 5.75. The second-order valence-electron chi connectivity index (χ2n) is 11.0. The van der Waals surface area contributed by atoms with Crippen molar-refractivity contribution in [3.05, 3.63) is 94.1 Å². The minimum Gasteiger partial charge on any atom is -0.364 e. The van der Waals surface area contributed by atoms with E-state index in [4.69, 9.17) is 11.6 Å². The first kappa shape index (κ1) is 33.7. The van der Waals surface area contributed by atoms with Gasteiger partial charge in [-0.3, -0.25) is 4.98 Å². The van der Waals surface area contributed by atoms with Gasteiger partial charge < -0.3 is 10.6 Å². The number of aromatic nitrogens is 2. The van der Waals surface area contributed by atoms with Crippen molar-refractivity contribution in [3.8, 4) is 11.3 Å². The summed E-state index contributed by atoms with van der Waals surface area (Å²) in [6.45, 7) is 1.58. The first-order chi connectivity index (χ1) is 21.5. The number of hydrogen-bond acceptors (Lipinski definition) is 7. The van der Waals surface area contributed by atoms with E-state index in [0.717, 1.165) is 17.7 Å². The molecule has 1 aliphatic rings. The number of halogens is 6. The van der Waals surface area contributed by atoms with E-state index in [0.29, 0.717) is 28.3 Å². The van der Waals surface area contributed by atoms with Crippen molar-refractivity contribution in [2.45, 2.75) is 55.2 Å². The fraction of sp³-hybridized carbons (Fsp3) is 0.300. The zero-order valence-corrected chi connectivity index (χ0v) is 26.7. The molecule has 2 N–H and O–H groups in total. The molecule has 1 aromatic carbocycles. The van der Waals surface area contributed by atoms with Crippen LogP contribution in [0.1, 0.15) is 43.0 Å². The zero-order chi connectivity index (χ0) is 33.5. The number of anilines is 1. The molecule has 0 radical (unpaired) electrons. The summed E-state index contributed by atoms with van der Waals surface area (Å²) < 4.78 is 94.9. The minimum absolute atomic E-state index is 0.115. The van der Waals surface area contributed by atoms with Crippen molar-refractivity contribution in [3.63, 3.8) is 0 Å². The standard InChI is InChI=1S/C30H27ClF5N5O3S2/c1-18-15-29(32,33)17-41(18,46(43,44)27-8-7-25(31)45-27)28(42)38-16-20-13-24(22-3-5-23(6-4-22)30(34,35)36)40-26(14-20)39-19(2)21-9-11-37-12-10-21/h3-14,18-19H,15-17H2,1-2H3,(H-,38,39,40,42)/p+1/t18-,19?,41?/m1/s1. The van der Waals surface area contributed by atoms with E-state index < -0.39 is 56.6 Å². The number of benzene rings is 1. The van der Waals surface area contributed by atoms with E-state index in [9.17, 15) is 35.2 Å². The number of nitrogens with one attached hydrogen (secondary N) is 2. The van der Waals surface area contributed by atoms with Gasteiger partial charge in [0.1, 0.15) is 11.9 Å². The Morgan fingerprint density at radius 2 is 1.78 bits per heavy atom. The maximum absolute atomic E-state index is 14.7. The Kier molecular flexibility index (Phi) is 9.16. The fourth-order valence-electron chi connectivity index (χ4n) is 5.45. The summed E-state index contributed by atoms with van der Waals surface area (Å²) in [7, 11) is -4.67. The van der Waals surface area contributed by atoms with Crippen LogP contribution in [0.5, 0.6) is 0 Å². The Morgan fingerprint density at radius 3 is 2.35 bits per heavy atom. The van der Waals surface area contributed by atoms with E-state index in [1.54, 1.807) is 30.6 Å². The van der Waals surface area contributed by atoms with Gasteiger partial charge in [0, 0.05) is 24.5 Å². The maximum Gasteiger partial charge on any atom is 0.432 e. The number of hydrogen-bond donors (Lipinski definition) is 2. The van der Waals surface area contributed by atoms with Gasteiger partial charge in [-0.1, -0.05) is 23.7 Å². The van der Waals surface area contributed by atoms with Gasteiger partial charge >= 0.3 is 28.2 Å². The van der Waals surface area contributed by atoms with Crippen LogP contribution in [0, 0.1) is 0 Å². The van der Waals surface area contributed by atoms with Crippen LogP contribution in [0.15, 0.2) is 77.3 Å². The molecule has 0 saturated carbocycles. The monoisotopic (exact) mass is 700 g/mol. The Balaban J connectivity index is 1.49. The molecule has 3 atom stereocenters. The summed E-state index contributed by atoms with van der Waals surface area (Å²) in [5.41, 5.74) is 1.00. The van der Waals surface area contributed by atoms with Crippen molar-refractivity contribution in [2.75, 3.05) is 11.9 Å². The molecule has 0 bridgehead atoms. The summed E-state index contributed by atoms with van der Waals surface area (Å²) >= 11 is 6.61. The number of urea groups is 1. The lowest BCUT2D eigenvalue weighted by Gasteiger charge is -2.32. The number of thiophene rings is 1. The largest absolute Gasteiger partial charge is 0.432 e. The number of rotatable bonds is 8. The van der Waals surface area contributed by atoms with Gasteiger partial charge in [0.2, 0.25) is 0 Å². The third-order valence-electron chi connectivity index (χ3n) is 7.76. The quantitative estimate of drug-likeness (QED) is 0.143. The molecule has 5 rings (SSSR count). The van der Waals surface area contributed by atoms with Crippen molar-refractivity contribution < 1.29 is 39.1 Å². The zero-order valence-electron chi connectivity index (χ0n) is 24.4. The van der Waals surface area contributed by atoms with Crippen LogP contribution in [-0.4, -0.2) is 46.8 Å². The van der Waals surface area contributed by atoms with Gasteiger partial charge in [-0.15, -0.1) is 15.2 Å². The molecule has 1 fully saturated rings. The number of likely N-dealkylation sites (tertiary alicyclic amines) is 1. The number of quaternary nitrogens is 1. The Hall–Kier alpha value is -3.66. The minimum atomic E-state index is -4.67. The second kappa shape index (κ2) is 12.5. The Bertz CT molecular complexity index is 1840.